The first kappa shape index (κ1) is 14.2. The zero-order valence-corrected chi connectivity index (χ0v) is 11.8. The number of rotatable bonds is 4. The van der Waals surface area contributed by atoms with Crippen molar-refractivity contribution < 1.29 is 5.11 Å². The summed E-state index contributed by atoms with van der Waals surface area (Å²) >= 11 is 0. The molecule has 0 spiro atoms. The van der Waals surface area contributed by atoms with Gasteiger partial charge in [-0.05, 0) is 19.9 Å². The highest BCUT2D eigenvalue weighted by Gasteiger charge is 2.23. The maximum Gasteiger partial charge on any atom is 0.133 e. The van der Waals surface area contributed by atoms with E-state index in [1.807, 2.05) is 32.2 Å². The van der Waals surface area contributed by atoms with Crippen molar-refractivity contribution in [1.82, 2.24) is 9.88 Å². The normalized spacial score (nSPS) is 17.8. The van der Waals surface area contributed by atoms with Crippen molar-refractivity contribution in [1.29, 1.82) is 0 Å². The van der Waals surface area contributed by atoms with Gasteiger partial charge in [0.1, 0.15) is 5.82 Å². The van der Waals surface area contributed by atoms with Crippen LogP contribution in [0.5, 0.6) is 0 Å². The minimum atomic E-state index is -0.629. The molecule has 0 aromatic carbocycles. The SMILES string of the molecule is CC(C)(O)CN1CCN(c2ncccc2CN)CC1. The second-order valence-corrected chi connectivity index (χ2v) is 5.77. The minimum Gasteiger partial charge on any atom is -0.389 e. The molecule has 106 valence electrons. The summed E-state index contributed by atoms with van der Waals surface area (Å²) in [5.74, 6) is 1.01. The van der Waals surface area contributed by atoms with Gasteiger partial charge in [-0.1, -0.05) is 6.07 Å². The molecule has 1 fully saturated rings. The van der Waals surface area contributed by atoms with Crippen molar-refractivity contribution >= 4 is 5.82 Å². The summed E-state index contributed by atoms with van der Waals surface area (Å²) in [7, 11) is 0. The van der Waals surface area contributed by atoms with Gasteiger partial charge in [0, 0.05) is 51.0 Å². The van der Waals surface area contributed by atoms with Gasteiger partial charge in [-0.25, -0.2) is 4.98 Å². The molecule has 0 aliphatic carbocycles. The molecule has 0 bridgehead atoms. The van der Waals surface area contributed by atoms with Crippen LogP contribution in [-0.4, -0.2) is 53.3 Å². The predicted octanol–water partition coefficient (Wildman–Crippen LogP) is 0.433. The van der Waals surface area contributed by atoms with Crippen LogP contribution in [0.25, 0.3) is 0 Å². The van der Waals surface area contributed by atoms with E-state index in [2.05, 4.69) is 14.8 Å². The molecular formula is C14H24N4O. The van der Waals surface area contributed by atoms with Crippen molar-refractivity contribution in [3.05, 3.63) is 23.9 Å². The molecule has 0 atom stereocenters. The zero-order valence-electron chi connectivity index (χ0n) is 11.8. The van der Waals surface area contributed by atoms with E-state index in [0.717, 1.165) is 37.6 Å². The van der Waals surface area contributed by atoms with E-state index in [-0.39, 0.29) is 0 Å². The van der Waals surface area contributed by atoms with Crippen LogP contribution in [-0.2, 0) is 6.54 Å². The molecule has 5 heteroatoms. The lowest BCUT2D eigenvalue weighted by atomic mass is 10.1. The minimum absolute atomic E-state index is 0.521. The molecule has 19 heavy (non-hydrogen) atoms. The van der Waals surface area contributed by atoms with Crippen molar-refractivity contribution in [3.8, 4) is 0 Å². The molecule has 0 unspecified atom stereocenters. The van der Waals surface area contributed by atoms with Gasteiger partial charge in [0.2, 0.25) is 0 Å². The van der Waals surface area contributed by atoms with Crippen LogP contribution in [0.4, 0.5) is 5.82 Å². The molecule has 1 aliphatic heterocycles. The quantitative estimate of drug-likeness (QED) is 0.826. The summed E-state index contributed by atoms with van der Waals surface area (Å²) in [5, 5.41) is 9.85. The Morgan fingerprint density at radius 1 is 1.32 bits per heavy atom. The standard InChI is InChI=1S/C14H24N4O/c1-14(2,19)11-17-6-8-18(9-7-17)13-12(10-15)4-3-5-16-13/h3-5,19H,6-11,15H2,1-2H3. The molecule has 0 amide bonds. The maximum atomic E-state index is 9.85. The molecule has 2 rings (SSSR count). The number of hydrogen-bond donors (Lipinski definition) is 2. The van der Waals surface area contributed by atoms with Crippen molar-refractivity contribution in [3.63, 3.8) is 0 Å². The first-order chi connectivity index (χ1) is 8.99. The Kier molecular flexibility index (Phi) is 4.39. The molecule has 1 aliphatic rings. The first-order valence-electron chi connectivity index (χ1n) is 6.83. The van der Waals surface area contributed by atoms with Gasteiger partial charge in [-0.3, -0.25) is 4.90 Å². The Hall–Kier alpha value is -1.17. The van der Waals surface area contributed by atoms with Crippen LogP contribution in [0.15, 0.2) is 18.3 Å². The zero-order chi connectivity index (χ0) is 13.9. The average molecular weight is 264 g/mol. The van der Waals surface area contributed by atoms with E-state index in [9.17, 15) is 5.11 Å². The third kappa shape index (κ3) is 3.89. The fourth-order valence-corrected chi connectivity index (χ4v) is 2.54. The van der Waals surface area contributed by atoms with Gasteiger partial charge in [-0.15, -0.1) is 0 Å². The summed E-state index contributed by atoms with van der Waals surface area (Å²) in [5.41, 5.74) is 6.22. The molecule has 3 N–H and O–H groups in total. The maximum absolute atomic E-state index is 9.85. The van der Waals surface area contributed by atoms with Gasteiger partial charge < -0.3 is 15.7 Å². The fourth-order valence-electron chi connectivity index (χ4n) is 2.54. The molecule has 0 saturated carbocycles. The van der Waals surface area contributed by atoms with Crippen LogP contribution in [0.2, 0.25) is 0 Å². The van der Waals surface area contributed by atoms with Crippen LogP contribution in [0.3, 0.4) is 0 Å². The van der Waals surface area contributed by atoms with Crippen molar-refractivity contribution in [2.24, 2.45) is 5.73 Å². The Morgan fingerprint density at radius 2 is 2.00 bits per heavy atom. The van der Waals surface area contributed by atoms with Crippen LogP contribution in [0, 0.1) is 0 Å². The van der Waals surface area contributed by atoms with E-state index in [4.69, 9.17) is 5.73 Å². The Morgan fingerprint density at radius 3 is 2.58 bits per heavy atom. The second kappa shape index (κ2) is 5.86. The first-order valence-corrected chi connectivity index (χ1v) is 6.83. The topological polar surface area (TPSA) is 65.6 Å². The van der Waals surface area contributed by atoms with Crippen LogP contribution in [0.1, 0.15) is 19.4 Å². The lowest BCUT2D eigenvalue weighted by Gasteiger charge is -2.38. The third-order valence-corrected chi connectivity index (χ3v) is 3.37. The molecular weight excluding hydrogens is 240 g/mol. The highest BCUT2D eigenvalue weighted by Crippen LogP contribution is 2.19. The fraction of sp³-hybridized carbons (Fsp3) is 0.643. The highest BCUT2D eigenvalue weighted by atomic mass is 16.3. The summed E-state index contributed by atoms with van der Waals surface area (Å²) < 4.78 is 0. The van der Waals surface area contributed by atoms with Gasteiger partial charge in [0.05, 0.1) is 5.60 Å². The largest absolute Gasteiger partial charge is 0.389 e. The van der Waals surface area contributed by atoms with E-state index in [0.29, 0.717) is 13.1 Å². The van der Waals surface area contributed by atoms with Gasteiger partial charge in [0.25, 0.3) is 0 Å². The average Bonchev–Trinajstić information content (AvgIpc) is 2.38. The van der Waals surface area contributed by atoms with Gasteiger partial charge in [-0.2, -0.15) is 0 Å². The van der Waals surface area contributed by atoms with E-state index in [1.54, 1.807) is 0 Å². The molecule has 5 nitrogen and oxygen atoms in total. The Labute approximate surface area is 115 Å². The number of piperazine rings is 1. The molecule has 0 radical (unpaired) electrons. The number of pyridine rings is 1. The Balaban J connectivity index is 1.96. The monoisotopic (exact) mass is 264 g/mol. The Bertz CT molecular complexity index is 408. The molecule has 2 heterocycles. The number of aromatic nitrogens is 1. The number of nitrogens with zero attached hydrogens (tertiary/aromatic N) is 3. The van der Waals surface area contributed by atoms with Gasteiger partial charge >= 0.3 is 0 Å². The smallest absolute Gasteiger partial charge is 0.133 e. The highest BCUT2D eigenvalue weighted by molar-refractivity contribution is 5.47. The summed E-state index contributed by atoms with van der Waals surface area (Å²) in [4.78, 5) is 9.02. The lowest BCUT2D eigenvalue weighted by Crippen LogP contribution is -2.50. The number of aliphatic hydroxyl groups is 1. The number of hydrogen-bond acceptors (Lipinski definition) is 5. The van der Waals surface area contributed by atoms with Crippen molar-refractivity contribution in [2.45, 2.75) is 26.0 Å². The van der Waals surface area contributed by atoms with Crippen LogP contribution < -0.4 is 10.6 Å². The third-order valence-electron chi connectivity index (χ3n) is 3.37. The number of anilines is 1. The van der Waals surface area contributed by atoms with Crippen molar-refractivity contribution in [2.75, 3.05) is 37.6 Å². The summed E-state index contributed by atoms with van der Waals surface area (Å²) in [6.07, 6.45) is 1.82. The van der Waals surface area contributed by atoms with E-state index < -0.39 is 5.60 Å². The van der Waals surface area contributed by atoms with Crippen LogP contribution >= 0.6 is 0 Å². The number of nitrogens with two attached hydrogens (primary N) is 1. The summed E-state index contributed by atoms with van der Waals surface area (Å²) in [6.45, 7) is 8.70. The lowest BCUT2D eigenvalue weighted by molar-refractivity contribution is 0.0344. The molecule has 1 aromatic rings. The predicted molar refractivity (Wildman–Crippen MR) is 77.1 cm³/mol. The second-order valence-electron chi connectivity index (χ2n) is 5.77. The summed E-state index contributed by atoms with van der Waals surface area (Å²) in [6, 6.07) is 3.96. The van der Waals surface area contributed by atoms with E-state index >= 15 is 0 Å². The number of β-amino-alcohol motifs (C(OH)–C–C–N with tert-alkyl or cyclic N) is 1. The molecule has 1 saturated heterocycles. The van der Waals surface area contributed by atoms with E-state index in [1.165, 1.54) is 0 Å². The molecule has 1 aromatic heterocycles. The van der Waals surface area contributed by atoms with Gasteiger partial charge in [0.15, 0.2) is 0 Å².